The van der Waals surface area contributed by atoms with Crippen molar-refractivity contribution in [3.05, 3.63) is 63.7 Å². The summed E-state index contributed by atoms with van der Waals surface area (Å²) >= 11 is 6.25. The molecule has 1 aliphatic carbocycles. The van der Waals surface area contributed by atoms with E-state index in [0.29, 0.717) is 22.9 Å². The Balaban J connectivity index is 1.13. The summed E-state index contributed by atoms with van der Waals surface area (Å²) in [6.45, 7) is 17.0. The lowest BCUT2D eigenvalue weighted by molar-refractivity contribution is -0.199. The van der Waals surface area contributed by atoms with Crippen molar-refractivity contribution in [2.75, 3.05) is 26.2 Å². The zero-order chi connectivity index (χ0) is 32.7. The van der Waals surface area contributed by atoms with Gasteiger partial charge in [0.1, 0.15) is 30.1 Å². The number of rotatable bonds is 8. The van der Waals surface area contributed by atoms with E-state index in [1.807, 2.05) is 43.9 Å². The van der Waals surface area contributed by atoms with Crippen LogP contribution < -0.4 is 4.74 Å². The van der Waals surface area contributed by atoms with E-state index in [4.69, 9.17) is 25.8 Å². The minimum Gasteiger partial charge on any atom is -0.489 e. The Labute approximate surface area is 271 Å². The molecule has 238 valence electrons. The number of benzene rings is 2. The van der Waals surface area contributed by atoms with Crippen LogP contribution in [0.3, 0.4) is 0 Å². The van der Waals surface area contributed by atoms with Gasteiger partial charge in [-0.25, -0.2) is 4.79 Å². The maximum absolute atomic E-state index is 13.6. The smallest absolute Gasteiger partial charge is 0.332 e. The molecule has 2 aromatic rings. The second-order valence-electron chi connectivity index (χ2n) is 14.4. The van der Waals surface area contributed by atoms with Crippen molar-refractivity contribution in [2.24, 2.45) is 10.8 Å². The number of esters is 1. The van der Waals surface area contributed by atoms with Crippen LogP contribution in [0.15, 0.2) is 36.4 Å². The van der Waals surface area contributed by atoms with Gasteiger partial charge in [-0.05, 0) is 56.7 Å². The van der Waals surface area contributed by atoms with E-state index in [0.717, 1.165) is 42.7 Å². The number of carbonyl (C=O) groups excluding carboxylic acids is 2. The molecular weight excluding hydrogens is 590 g/mol. The number of ether oxygens (including phenoxy) is 3. The Morgan fingerprint density at radius 1 is 1.09 bits per heavy atom. The van der Waals surface area contributed by atoms with Crippen LogP contribution in [0.25, 0.3) is 0 Å². The molecule has 1 saturated carbocycles. The van der Waals surface area contributed by atoms with Gasteiger partial charge in [0.2, 0.25) is 0 Å². The summed E-state index contributed by atoms with van der Waals surface area (Å²) in [5.74, 6) is 6.85. The van der Waals surface area contributed by atoms with Crippen LogP contribution in [0.5, 0.6) is 5.75 Å². The molecular formula is C36H42ClN3O5. The summed E-state index contributed by atoms with van der Waals surface area (Å²) in [6, 6.07) is 13.0. The minimum atomic E-state index is -0.507. The maximum Gasteiger partial charge on any atom is 0.332 e. The molecule has 0 unspecified atom stereocenters. The van der Waals surface area contributed by atoms with Crippen LogP contribution in [0.4, 0.5) is 0 Å². The van der Waals surface area contributed by atoms with Crippen LogP contribution >= 0.6 is 11.6 Å². The SMILES string of the molecule is CC(C)(C)OC(=O)COC1CN(CCC#Cc2ccc3c(c2)CN(C2C(C)(C)C(Oc4ccc(C#N)c(Cl)c4)C2(C)C)C3=O)C1. The van der Waals surface area contributed by atoms with Crippen LogP contribution in [0, 0.1) is 34.0 Å². The molecule has 1 amide bonds. The Hall–Kier alpha value is -3.56. The average Bonchev–Trinajstić information content (AvgIpc) is 3.23. The van der Waals surface area contributed by atoms with E-state index < -0.39 is 5.60 Å². The van der Waals surface area contributed by atoms with Crippen molar-refractivity contribution >= 4 is 23.5 Å². The molecule has 45 heavy (non-hydrogen) atoms. The number of amides is 1. The van der Waals surface area contributed by atoms with Crippen molar-refractivity contribution < 1.29 is 23.8 Å². The second-order valence-corrected chi connectivity index (χ2v) is 14.8. The van der Waals surface area contributed by atoms with E-state index in [1.54, 1.807) is 18.2 Å². The first-order valence-corrected chi connectivity index (χ1v) is 15.8. The number of likely N-dealkylation sites (tertiary alicyclic amines) is 1. The molecule has 0 N–H and O–H groups in total. The lowest BCUT2D eigenvalue weighted by atomic mass is 9.49. The Morgan fingerprint density at radius 2 is 1.80 bits per heavy atom. The van der Waals surface area contributed by atoms with Gasteiger partial charge in [0.15, 0.2) is 0 Å². The van der Waals surface area contributed by atoms with E-state index >= 15 is 0 Å². The van der Waals surface area contributed by atoms with E-state index in [9.17, 15) is 14.9 Å². The summed E-state index contributed by atoms with van der Waals surface area (Å²) in [7, 11) is 0. The van der Waals surface area contributed by atoms with Gasteiger partial charge in [-0.3, -0.25) is 9.69 Å². The number of fused-ring (bicyclic) bond motifs is 1. The molecule has 5 rings (SSSR count). The quantitative estimate of drug-likeness (QED) is 0.267. The fourth-order valence-corrected chi connectivity index (χ4v) is 7.60. The number of nitriles is 1. The molecule has 8 nitrogen and oxygen atoms in total. The van der Waals surface area contributed by atoms with Crippen LogP contribution in [-0.2, 0) is 20.8 Å². The third-order valence-corrected chi connectivity index (χ3v) is 9.20. The monoisotopic (exact) mass is 631 g/mol. The molecule has 1 saturated heterocycles. The highest BCUT2D eigenvalue weighted by atomic mass is 35.5. The molecule has 0 bridgehead atoms. The molecule has 2 heterocycles. The predicted molar refractivity (Wildman–Crippen MR) is 172 cm³/mol. The van der Waals surface area contributed by atoms with Crippen molar-refractivity contribution in [3.63, 3.8) is 0 Å². The summed E-state index contributed by atoms with van der Waals surface area (Å²) in [6.07, 6.45) is 0.608. The predicted octanol–water partition coefficient (Wildman–Crippen LogP) is 5.83. The van der Waals surface area contributed by atoms with Gasteiger partial charge in [-0.1, -0.05) is 51.1 Å². The highest BCUT2D eigenvalue weighted by molar-refractivity contribution is 6.31. The summed E-state index contributed by atoms with van der Waals surface area (Å²) < 4.78 is 17.4. The lowest BCUT2D eigenvalue weighted by Gasteiger charge is -2.65. The van der Waals surface area contributed by atoms with Crippen molar-refractivity contribution in [2.45, 2.75) is 85.3 Å². The second kappa shape index (κ2) is 12.3. The fraction of sp³-hybridized carbons (Fsp3) is 0.528. The van der Waals surface area contributed by atoms with Crippen molar-refractivity contribution in [1.82, 2.24) is 9.80 Å². The first-order valence-electron chi connectivity index (χ1n) is 15.4. The van der Waals surface area contributed by atoms with Gasteiger partial charge in [0.25, 0.3) is 5.91 Å². The maximum atomic E-state index is 13.6. The first-order chi connectivity index (χ1) is 21.1. The van der Waals surface area contributed by atoms with Gasteiger partial charge >= 0.3 is 5.97 Å². The van der Waals surface area contributed by atoms with Crippen molar-refractivity contribution in [1.29, 1.82) is 5.26 Å². The van der Waals surface area contributed by atoms with E-state index in [2.05, 4.69) is 50.5 Å². The average molecular weight is 632 g/mol. The van der Waals surface area contributed by atoms with E-state index in [1.165, 1.54) is 0 Å². The van der Waals surface area contributed by atoms with Crippen LogP contribution in [0.1, 0.15) is 81.9 Å². The van der Waals surface area contributed by atoms with Gasteiger partial charge in [-0.15, -0.1) is 0 Å². The summed E-state index contributed by atoms with van der Waals surface area (Å²) in [5, 5.41) is 9.56. The third kappa shape index (κ3) is 6.84. The molecule has 0 spiro atoms. The fourth-order valence-electron chi connectivity index (χ4n) is 7.39. The standard InChI is InChI=1S/C36H42ClN3O5/c1-34(2,3)45-30(41)22-43-27-20-39(21-27)15-9-8-10-23-11-14-28-25(16-23)19-40(31(28)42)32-35(4,5)33(36(32,6)7)44-26-13-12-24(18-38)29(37)17-26/h11-14,16-17,27,32-33H,9,15,19-22H2,1-7H3. The normalized spacial score (nSPS) is 21.9. The van der Waals surface area contributed by atoms with E-state index in [-0.39, 0.29) is 47.6 Å². The van der Waals surface area contributed by atoms with Crippen LogP contribution in [-0.4, -0.2) is 71.8 Å². The van der Waals surface area contributed by atoms with Gasteiger partial charge in [0, 0.05) is 66.7 Å². The molecule has 3 aliphatic rings. The number of hydrogen-bond acceptors (Lipinski definition) is 7. The van der Waals surface area contributed by atoms with Gasteiger partial charge in [-0.2, -0.15) is 5.26 Å². The summed E-state index contributed by atoms with van der Waals surface area (Å²) in [5.41, 5.74) is 1.89. The minimum absolute atomic E-state index is 0.0220. The Kier molecular flexibility index (Phi) is 8.99. The van der Waals surface area contributed by atoms with Gasteiger partial charge < -0.3 is 19.1 Å². The molecule has 9 heteroatoms. The first kappa shape index (κ1) is 32.8. The Morgan fingerprint density at radius 3 is 2.44 bits per heavy atom. The molecule has 2 aromatic carbocycles. The molecule has 0 radical (unpaired) electrons. The number of nitrogens with zero attached hydrogens (tertiary/aromatic N) is 3. The summed E-state index contributed by atoms with van der Waals surface area (Å²) in [4.78, 5) is 29.7. The highest BCUT2D eigenvalue weighted by Crippen LogP contribution is 2.59. The topological polar surface area (TPSA) is 92.1 Å². The molecule has 2 aliphatic heterocycles. The van der Waals surface area contributed by atoms with Crippen molar-refractivity contribution in [3.8, 4) is 23.7 Å². The van der Waals surface area contributed by atoms with Gasteiger partial charge in [0.05, 0.1) is 16.7 Å². The molecule has 0 atom stereocenters. The number of carbonyl (C=O) groups is 2. The Bertz CT molecular complexity index is 1570. The molecule has 2 fully saturated rings. The lowest BCUT2D eigenvalue weighted by Crippen LogP contribution is -2.74. The molecule has 0 aromatic heterocycles. The largest absolute Gasteiger partial charge is 0.489 e. The highest BCUT2D eigenvalue weighted by Gasteiger charge is 2.67. The number of halogens is 1. The van der Waals surface area contributed by atoms with Crippen LogP contribution in [0.2, 0.25) is 5.02 Å². The zero-order valence-electron chi connectivity index (χ0n) is 27.2. The third-order valence-electron chi connectivity index (χ3n) is 8.89. The zero-order valence-corrected chi connectivity index (χ0v) is 28.0. The number of hydrogen-bond donors (Lipinski definition) is 0.